The molecule has 74 valence electrons. The number of carboxylic acids is 1. The second kappa shape index (κ2) is 14.3. The Hall–Kier alpha value is 0.819. The molecule has 0 heterocycles. The Labute approximate surface area is 96.5 Å². The van der Waals surface area contributed by atoms with Crippen molar-refractivity contribution in [1.82, 2.24) is 0 Å². The van der Waals surface area contributed by atoms with Crippen LogP contribution in [0.5, 0.6) is 0 Å². The van der Waals surface area contributed by atoms with Gasteiger partial charge >= 0.3 is 27.8 Å². The minimum absolute atomic E-state index is 0. The van der Waals surface area contributed by atoms with E-state index in [1.165, 1.54) is 0 Å². The van der Waals surface area contributed by atoms with Gasteiger partial charge in [0, 0.05) is 17.1 Å². The van der Waals surface area contributed by atoms with Gasteiger partial charge in [-0.2, -0.15) is 11.8 Å². The summed E-state index contributed by atoms with van der Waals surface area (Å²) in [7, 11) is 0. The Morgan fingerprint density at radius 1 is 1.67 bits per heavy atom. The Balaban J connectivity index is -0.000000249. The molecular formula is C6H15NO2SSe2. The molecule has 12 heavy (non-hydrogen) atoms. The number of thioether (sulfide) groups is 1. The van der Waals surface area contributed by atoms with Crippen molar-refractivity contribution in [1.29, 1.82) is 0 Å². The maximum absolute atomic E-state index is 10.1. The van der Waals surface area contributed by atoms with Crippen molar-refractivity contribution in [3.05, 3.63) is 0 Å². The van der Waals surface area contributed by atoms with Gasteiger partial charge in [-0.05, 0) is 18.4 Å². The van der Waals surface area contributed by atoms with Crippen LogP contribution in [0.15, 0.2) is 0 Å². The molecule has 0 aliphatic rings. The van der Waals surface area contributed by atoms with Crippen molar-refractivity contribution in [2.45, 2.75) is 18.3 Å². The molecule has 0 unspecified atom stereocenters. The standard InChI is InChI=1S/C5H11NO2S.CH4Se.Se/c1-9-3-2-4(6)5(7)8;1-2;/h4H,2-3,6H2,1H3,(H,7,8);2H,1H3;/t4-;;/m0../s1. The summed E-state index contributed by atoms with van der Waals surface area (Å²) in [5, 5.41) is 8.27. The van der Waals surface area contributed by atoms with Crippen LogP contribution >= 0.6 is 11.8 Å². The molecule has 1 atom stereocenters. The fraction of sp³-hybridized carbons (Fsp3) is 0.833. The van der Waals surface area contributed by atoms with E-state index in [1.54, 1.807) is 11.8 Å². The SMILES string of the molecule is CSCC[C@H](N)C(=O)O.C[SeH].[Se]. The van der Waals surface area contributed by atoms with Gasteiger partial charge in [0.2, 0.25) is 0 Å². The van der Waals surface area contributed by atoms with Crippen LogP contribution in [0.25, 0.3) is 0 Å². The minimum Gasteiger partial charge on any atom is 0 e. The summed E-state index contributed by atoms with van der Waals surface area (Å²) in [5.41, 5.74) is 5.19. The molecule has 3 nitrogen and oxygen atoms in total. The van der Waals surface area contributed by atoms with Crippen molar-refractivity contribution in [2.75, 3.05) is 12.0 Å². The third kappa shape index (κ3) is 13.4. The molecule has 0 aliphatic carbocycles. The molecule has 0 rings (SSSR count). The summed E-state index contributed by atoms with van der Waals surface area (Å²) in [6.45, 7) is 0. The molecular weight excluding hydrogens is 308 g/mol. The first-order valence-corrected chi connectivity index (χ1v) is 6.37. The van der Waals surface area contributed by atoms with E-state index in [4.69, 9.17) is 10.8 Å². The second-order valence-corrected chi connectivity index (χ2v) is 2.71. The molecule has 0 saturated carbocycles. The van der Waals surface area contributed by atoms with Crippen LogP contribution in [0.2, 0.25) is 5.82 Å². The van der Waals surface area contributed by atoms with Crippen molar-refractivity contribution >= 4 is 50.8 Å². The predicted octanol–water partition coefficient (Wildman–Crippen LogP) is -0.294. The first kappa shape index (κ1) is 18.6. The van der Waals surface area contributed by atoms with E-state index in [0.29, 0.717) is 6.42 Å². The van der Waals surface area contributed by atoms with Crippen molar-refractivity contribution in [3.63, 3.8) is 0 Å². The summed E-state index contributed by atoms with van der Waals surface area (Å²) >= 11 is 3.92. The fourth-order valence-corrected chi connectivity index (χ4v) is 0.858. The van der Waals surface area contributed by atoms with E-state index in [-0.39, 0.29) is 17.1 Å². The molecule has 0 aromatic carbocycles. The van der Waals surface area contributed by atoms with Crippen molar-refractivity contribution in [2.24, 2.45) is 5.73 Å². The second-order valence-electron chi connectivity index (χ2n) is 1.73. The molecule has 0 amide bonds. The predicted molar refractivity (Wildman–Crippen MR) is 57.4 cm³/mol. The summed E-state index contributed by atoms with van der Waals surface area (Å²) < 4.78 is 0. The molecule has 0 aliphatic heterocycles. The van der Waals surface area contributed by atoms with Gasteiger partial charge in [-0.3, -0.25) is 4.79 Å². The largest absolute Gasteiger partial charge is 0 e. The first-order valence-electron chi connectivity index (χ1n) is 3.10. The van der Waals surface area contributed by atoms with Crippen LogP contribution in [-0.2, 0) is 4.79 Å². The minimum atomic E-state index is -0.913. The number of hydrogen-bond donors (Lipinski definition) is 2. The number of carboxylic acid groups (broad SMARTS) is 1. The molecule has 0 spiro atoms. The number of nitrogens with two attached hydrogens (primary N) is 1. The Bertz CT molecular complexity index is 106. The third-order valence-electron chi connectivity index (χ3n) is 0.950. The first-order chi connectivity index (χ1) is 5.18. The van der Waals surface area contributed by atoms with E-state index < -0.39 is 12.0 Å². The Kier molecular flexibility index (Phi) is 22.2. The monoisotopic (exact) mass is 325 g/mol. The molecule has 0 bridgehead atoms. The molecule has 6 heteroatoms. The van der Waals surface area contributed by atoms with Crippen LogP contribution in [0.1, 0.15) is 6.42 Å². The van der Waals surface area contributed by atoms with Crippen LogP contribution in [0, 0.1) is 0 Å². The van der Waals surface area contributed by atoms with Gasteiger partial charge in [0.25, 0.3) is 0 Å². The smallest absolute Gasteiger partial charge is 0 e. The summed E-state index contributed by atoms with van der Waals surface area (Å²) in [4.78, 5) is 10.1. The fourth-order valence-electron chi connectivity index (χ4n) is 0.368. The zero-order valence-corrected chi connectivity index (χ0v) is 11.6. The average molecular weight is 323 g/mol. The van der Waals surface area contributed by atoms with Crippen LogP contribution < -0.4 is 5.73 Å². The summed E-state index contributed by atoms with van der Waals surface area (Å²) in [5.74, 6) is 1.84. The molecule has 3 N–H and O–H groups in total. The Morgan fingerprint density at radius 3 is 2.33 bits per heavy atom. The topological polar surface area (TPSA) is 63.3 Å². The number of aliphatic carboxylic acids is 1. The van der Waals surface area contributed by atoms with Gasteiger partial charge in [0.05, 0.1) is 0 Å². The summed E-state index contributed by atoms with van der Waals surface area (Å²) in [6, 6.07) is -0.683. The van der Waals surface area contributed by atoms with E-state index in [0.717, 1.165) is 5.75 Å². The summed E-state index contributed by atoms with van der Waals surface area (Å²) in [6.07, 6.45) is 2.48. The van der Waals surface area contributed by atoms with Crippen LogP contribution in [-0.4, -0.2) is 62.2 Å². The third-order valence-corrected chi connectivity index (χ3v) is 1.59. The van der Waals surface area contributed by atoms with Gasteiger partial charge in [-0.1, -0.05) is 0 Å². The molecule has 2 radical (unpaired) electrons. The zero-order valence-electron chi connectivity index (χ0n) is 7.19. The van der Waals surface area contributed by atoms with Gasteiger partial charge in [-0.15, -0.1) is 0 Å². The van der Waals surface area contributed by atoms with Crippen molar-refractivity contribution < 1.29 is 9.90 Å². The van der Waals surface area contributed by atoms with Crippen molar-refractivity contribution in [3.8, 4) is 0 Å². The number of rotatable bonds is 4. The average Bonchev–Trinajstić information content (AvgIpc) is 2.03. The number of hydrogen-bond acceptors (Lipinski definition) is 3. The van der Waals surface area contributed by atoms with E-state index in [9.17, 15) is 4.79 Å². The van der Waals surface area contributed by atoms with E-state index in [1.807, 2.05) is 12.1 Å². The quantitative estimate of drug-likeness (QED) is 0.698. The molecule has 0 fully saturated rings. The zero-order chi connectivity index (χ0) is 9.28. The van der Waals surface area contributed by atoms with Gasteiger partial charge < -0.3 is 10.8 Å². The van der Waals surface area contributed by atoms with Crippen LogP contribution in [0.3, 0.4) is 0 Å². The van der Waals surface area contributed by atoms with Gasteiger partial charge in [0.15, 0.2) is 0 Å². The molecule has 0 aromatic rings. The van der Waals surface area contributed by atoms with E-state index in [2.05, 4.69) is 16.0 Å². The maximum Gasteiger partial charge on any atom is 0 e. The van der Waals surface area contributed by atoms with Gasteiger partial charge in [0.1, 0.15) is 6.04 Å². The molecule has 0 saturated heterocycles. The number of carbonyl (C=O) groups is 1. The van der Waals surface area contributed by atoms with E-state index >= 15 is 0 Å². The van der Waals surface area contributed by atoms with Gasteiger partial charge in [-0.25, -0.2) is 0 Å². The molecule has 0 aromatic heterocycles. The Morgan fingerprint density at radius 2 is 2.08 bits per heavy atom. The van der Waals surface area contributed by atoms with Crippen LogP contribution in [0.4, 0.5) is 0 Å². The normalized spacial score (nSPS) is 10.3. The maximum atomic E-state index is 10.1.